The first-order valence-electron chi connectivity index (χ1n) is 12.1. The Morgan fingerprint density at radius 2 is 1.63 bits per heavy atom. The van der Waals surface area contributed by atoms with E-state index < -0.39 is 0 Å². The van der Waals surface area contributed by atoms with Crippen LogP contribution in [0.3, 0.4) is 0 Å². The summed E-state index contributed by atoms with van der Waals surface area (Å²) in [6.07, 6.45) is 1.94. The van der Waals surface area contributed by atoms with Crippen molar-refractivity contribution in [2.45, 2.75) is 13.8 Å². The maximum absolute atomic E-state index is 6.85. The van der Waals surface area contributed by atoms with Crippen LogP contribution in [0.2, 0.25) is 5.02 Å². The van der Waals surface area contributed by atoms with Gasteiger partial charge in [-0.3, -0.25) is 4.98 Å². The zero-order valence-electron chi connectivity index (χ0n) is 20.3. The number of benzene rings is 3. The normalized spacial score (nSPS) is 14.8. The third-order valence-electron chi connectivity index (χ3n) is 7.21. The molecule has 2 aromatic heterocycles. The molecule has 5 aromatic rings. The minimum Gasteiger partial charge on any atom is -0.368 e. The third kappa shape index (κ3) is 3.85. The minimum absolute atomic E-state index is 0.759. The van der Waals surface area contributed by atoms with Crippen molar-refractivity contribution >= 4 is 39.1 Å². The van der Waals surface area contributed by atoms with E-state index >= 15 is 0 Å². The van der Waals surface area contributed by atoms with E-state index in [4.69, 9.17) is 21.7 Å². The Morgan fingerprint density at radius 3 is 2.40 bits per heavy atom. The number of pyridine rings is 1. The molecular formula is C29H28ClN5. The molecule has 0 atom stereocenters. The Balaban J connectivity index is 1.53. The maximum atomic E-state index is 6.85. The van der Waals surface area contributed by atoms with Crippen LogP contribution in [0.4, 0.5) is 5.69 Å². The van der Waals surface area contributed by atoms with Crippen LogP contribution < -0.4 is 4.90 Å². The Bertz CT molecular complexity index is 1560. The number of anilines is 1. The Hall–Kier alpha value is -3.41. The summed E-state index contributed by atoms with van der Waals surface area (Å²) in [5, 5.41) is 8.00. The Kier molecular flexibility index (Phi) is 5.47. The zero-order valence-corrected chi connectivity index (χ0v) is 21.0. The lowest BCUT2D eigenvalue weighted by atomic mass is 10.1. The van der Waals surface area contributed by atoms with Gasteiger partial charge in [-0.1, -0.05) is 41.9 Å². The number of rotatable bonds is 3. The molecule has 1 aliphatic rings. The minimum atomic E-state index is 0.759. The monoisotopic (exact) mass is 481 g/mol. The van der Waals surface area contributed by atoms with Gasteiger partial charge in [0.05, 0.1) is 27.4 Å². The number of hydrogen-bond donors (Lipinski definition) is 0. The lowest BCUT2D eigenvalue weighted by Gasteiger charge is -2.34. The fraction of sp³-hybridized carbons (Fsp3) is 0.241. The van der Waals surface area contributed by atoms with Gasteiger partial charge in [0.15, 0.2) is 0 Å². The quantitative estimate of drug-likeness (QED) is 0.304. The topological polar surface area (TPSA) is 37.2 Å². The second-order valence-electron chi connectivity index (χ2n) is 9.52. The number of aromatic nitrogens is 3. The molecule has 176 valence electrons. The van der Waals surface area contributed by atoms with E-state index in [0.717, 1.165) is 75.6 Å². The van der Waals surface area contributed by atoms with Crippen molar-refractivity contribution in [2.75, 3.05) is 38.1 Å². The van der Waals surface area contributed by atoms with Crippen molar-refractivity contribution in [2.24, 2.45) is 0 Å². The molecule has 3 aromatic carbocycles. The lowest BCUT2D eigenvalue weighted by Crippen LogP contribution is -2.44. The van der Waals surface area contributed by atoms with Crippen LogP contribution in [0.5, 0.6) is 0 Å². The molecule has 0 amide bonds. The van der Waals surface area contributed by atoms with Crippen LogP contribution in [-0.2, 0) is 0 Å². The third-order valence-corrected chi connectivity index (χ3v) is 7.52. The highest BCUT2D eigenvalue weighted by Crippen LogP contribution is 2.37. The molecule has 0 aliphatic carbocycles. The van der Waals surface area contributed by atoms with E-state index in [9.17, 15) is 0 Å². The predicted octanol–water partition coefficient (Wildman–Crippen LogP) is 6.26. The summed E-state index contributed by atoms with van der Waals surface area (Å²) in [7, 11) is 2.16. The molecule has 35 heavy (non-hydrogen) atoms. The van der Waals surface area contributed by atoms with Crippen LogP contribution in [0.15, 0.2) is 66.9 Å². The van der Waals surface area contributed by atoms with Crippen molar-refractivity contribution in [3.05, 3.63) is 83.0 Å². The highest BCUT2D eigenvalue weighted by Gasteiger charge is 2.20. The molecule has 5 nitrogen and oxygen atoms in total. The van der Waals surface area contributed by atoms with Crippen LogP contribution in [0.1, 0.15) is 11.1 Å². The largest absolute Gasteiger partial charge is 0.368 e. The lowest BCUT2D eigenvalue weighted by molar-refractivity contribution is 0.313. The molecule has 0 bridgehead atoms. The fourth-order valence-electron chi connectivity index (χ4n) is 4.95. The van der Waals surface area contributed by atoms with E-state index in [2.05, 4.69) is 83.9 Å². The van der Waals surface area contributed by atoms with Gasteiger partial charge in [-0.25, -0.2) is 4.68 Å². The summed E-state index contributed by atoms with van der Waals surface area (Å²) in [4.78, 5) is 9.47. The fourth-order valence-corrected chi connectivity index (χ4v) is 5.25. The number of nitrogens with zero attached hydrogens (tertiary/aromatic N) is 5. The first-order valence-corrected chi connectivity index (χ1v) is 12.4. The summed E-state index contributed by atoms with van der Waals surface area (Å²) in [5.41, 5.74) is 8.55. The number of halogens is 1. The smallest absolute Gasteiger partial charge is 0.102 e. The second-order valence-corrected chi connectivity index (χ2v) is 9.93. The number of fused-ring (bicyclic) bond motifs is 3. The SMILES string of the molecule is Cc1ccc(-n2nc(-c3ccc(N4CCN(C)CC4)c(Cl)c3)c3cnc4ccccc4c32)cc1C. The summed E-state index contributed by atoms with van der Waals surface area (Å²) in [6.45, 7) is 8.33. The Labute approximate surface area is 210 Å². The van der Waals surface area contributed by atoms with Gasteiger partial charge < -0.3 is 9.80 Å². The van der Waals surface area contributed by atoms with Crippen LogP contribution >= 0.6 is 11.6 Å². The molecule has 1 aliphatic heterocycles. The number of piperazine rings is 1. The van der Waals surface area contributed by atoms with Crippen molar-refractivity contribution in [3.8, 4) is 16.9 Å². The van der Waals surface area contributed by atoms with Crippen LogP contribution in [0, 0.1) is 13.8 Å². The van der Waals surface area contributed by atoms with Gasteiger partial charge in [0.25, 0.3) is 0 Å². The van der Waals surface area contributed by atoms with Gasteiger partial charge in [0, 0.05) is 48.7 Å². The average Bonchev–Trinajstić information content (AvgIpc) is 3.27. The number of aryl methyl sites for hydroxylation is 2. The van der Waals surface area contributed by atoms with Gasteiger partial charge in [-0.2, -0.15) is 5.10 Å². The van der Waals surface area contributed by atoms with Crippen molar-refractivity contribution in [1.29, 1.82) is 0 Å². The van der Waals surface area contributed by atoms with E-state index in [1.165, 1.54) is 11.1 Å². The van der Waals surface area contributed by atoms with E-state index in [1.807, 2.05) is 18.3 Å². The summed E-state index contributed by atoms with van der Waals surface area (Å²) < 4.78 is 2.06. The van der Waals surface area contributed by atoms with Crippen LogP contribution in [0.25, 0.3) is 38.8 Å². The highest BCUT2D eigenvalue weighted by atomic mass is 35.5. The average molecular weight is 482 g/mol. The first-order chi connectivity index (χ1) is 17.0. The molecule has 1 fully saturated rings. The molecule has 0 unspecified atom stereocenters. The van der Waals surface area contributed by atoms with Crippen molar-refractivity contribution in [3.63, 3.8) is 0 Å². The number of para-hydroxylation sites is 1. The summed E-state index contributed by atoms with van der Waals surface area (Å²) >= 11 is 6.85. The van der Waals surface area contributed by atoms with E-state index in [-0.39, 0.29) is 0 Å². The summed E-state index contributed by atoms with van der Waals surface area (Å²) in [5.74, 6) is 0. The molecule has 0 saturated carbocycles. The molecule has 1 saturated heterocycles. The number of hydrogen-bond acceptors (Lipinski definition) is 4. The van der Waals surface area contributed by atoms with Crippen molar-refractivity contribution in [1.82, 2.24) is 19.7 Å². The maximum Gasteiger partial charge on any atom is 0.102 e. The first kappa shape index (κ1) is 22.1. The van der Waals surface area contributed by atoms with Crippen LogP contribution in [-0.4, -0.2) is 52.9 Å². The van der Waals surface area contributed by atoms with E-state index in [0.29, 0.717) is 0 Å². The molecule has 3 heterocycles. The van der Waals surface area contributed by atoms with Gasteiger partial charge in [-0.05, 0) is 62.4 Å². The second kappa shape index (κ2) is 8.67. The van der Waals surface area contributed by atoms with Gasteiger partial charge in [0.1, 0.15) is 5.69 Å². The summed E-state index contributed by atoms with van der Waals surface area (Å²) in [6, 6.07) is 21.1. The van der Waals surface area contributed by atoms with Crippen molar-refractivity contribution < 1.29 is 0 Å². The van der Waals surface area contributed by atoms with Gasteiger partial charge >= 0.3 is 0 Å². The standard InChI is InChI=1S/C29H28ClN5/c1-19-8-10-22(16-20(19)2)35-29-23-6-4-5-7-26(23)31-18-24(29)28(32-35)21-9-11-27(25(30)17-21)34-14-12-33(3)13-15-34/h4-11,16-18H,12-15H2,1-3H3. The van der Waals surface area contributed by atoms with Gasteiger partial charge in [-0.15, -0.1) is 0 Å². The van der Waals surface area contributed by atoms with Gasteiger partial charge in [0.2, 0.25) is 0 Å². The molecule has 0 N–H and O–H groups in total. The molecule has 0 spiro atoms. The highest BCUT2D eigenvalue weighted by molar-refractivity contribution is 6.33. The molecule has 0 radical (unpaired) electrons. The zero-order chi connectivity index (χ0) is 24.1. The molecule has 6 heteroatoms. The number of likely N-dealkylation sites (N-methyl/N-ethyl adjacent to an activating group) is 1. The predicted molar refractivity (Wildman–Crippen MR) is 146 cm³/mol. The Morgan fingerprint density at radius 1 is 0.829 bits per heavy atom. The molecule has 6 rings (SSSR count). The molecular weight excluding hydrogens is 454 g/mol. The van der Waals surface area contributed by atoms with E-state index in [1.54, 1.807) is 0 Å².